The third-order valence-corrected chi connectivity index (χ3v) is 4.33. The Kier molecular flexibility index (Phi) is 5.77. The molecule has 26 heavy (non-hydrogen) atoms. The summed E-state index contributed by atoms with van der Waals surface area (Å²) < 4.78 is 1.76. The minimum atomic E-state index is -0.105. The first-order valence-electron chi connectivity index (χ1n) is 8.52. The van der Waals surface area contributed by atoms with E-state index in [2.05, 4.69) is 17.4 Å². The van der Waals surface area contributed by atoms with Gasteiger partial charge in [-0.2, -0.15) is 4.57 Å². The highest BCUT2D eigenvalue weighted by molar-refractivity contribution is 7.81. The molecule has 0 spiro atoms. The van der Waals surface area contributed by atoms with Crippen LogP contribution in [0.4, 0.5) is 0 Å². The summed E-state index contributed by atoms with van der Waals surface area (Å²) in [6.07, 6.45) is 3.66. The first-order chi connectivity index (χ1) is 12.7. The number of nitrogens with zero attached hydrogens (tertiary/aromatic N) is 1. The summed E-state index contributed by atoms with van der Waals surface area (Å²) in [6, 6.07) is 23.4. The third-order valence-electron chi connectivity index (χ3n) is 4.00. The highest BCUT2D eigenvalue weighted by Gasteiger charge is 2.17. The zero-order chi connectivity index (χ0) is 18.4. The molecule has 130 valence electrons. The van der Waals surface area contributed by atoms with Crippen LogP contribution in [0.25, 0.3) is 22.6 Å². The summed E-state index contributed by atoms with van der Waals surface area (Å²) in [7, 11) is 0. The zero-order valence-corrected chi connectivity index (χ0v) is 15.4. The molecule has 1 N–H and O–H groups in total. The van der Waals surface area contributed by atoms with Gasteiger partial charge in [0.15, 0.2) is 17.4 Å². The second-order valence-corrected chi connectivity index (χ2v) is 6.17. The van der Waals surface area contributed by atoms with Crippen molar-refractivity contribution in [3.05, 3.63) is 90.8 Å². The van der Waals surface area contributed by atoms with Gasteiger partial charge in [0.25, 0.3) is 0 Å². The second-order valence-electron chi connectivity index (χ2n) is 5.76. The quantitative estimate of drug-likeness (QED) is 0.328. The molecular weight excluding hydrogens is 340 g/mol. The first kappa shape index (κ1) is 17.8. The van der Waals surface area contributed by atoms with Crippen LogP contribution in [0.3, 0.4) is 0 Å². The fraction of sp³-hybridized carbons (Fsp3) is 0.0909. The second kappa shape index (κ2) is 8.41. The third kappa shape index (κ3) is 3.98. The van der Waals surface area contributed by atoms with Gasteiger partial charge in [0, 0.05) is 18.7 Å². The van der Waals surface area contributed by atoms with Crippen LogP contribution in [0.5, 0.6) is 0 Å². The number of aromatic nitrogens is 1. The van der Waals surface area contributed by atoms with Gasteiger partial charge in [0.05, 0.1) is 0 Å². The zero-order valence-electron chi connectivity index (χ0n) is 14.6. The first-order valence-corrected chi connectivity index (χ1v) is 8.93. The molecule has 3 nitrogen and oxygen atoms in total. The minimum absolute atomic E-state index is 0.105. The van der Waals surface area contributed by atoms with E-state index < -0.39 is 0 Å². The van der Waals surface area contributed by atoms with Crippen LogP contribution in [0.15, 0.2) is 85.2 Å². The lowest BCUT2D eigenvalue weighted by Crippen LogP contribution is -2.42. The molecule has 0 fully saturated rings. The van der Waals surface area contributed by atoms with Gasteiger partial charge in [-0.15, -0.1) is 0 Å². The summed E-state index contributed by atoms with van der Waals surface area (Å²) in [5.74, 6) is -0.105. The maximum atomic E-state index is 13.1. The van der Waals surface area contributed by atoms with Gasteiger partial charge in [0.2, 0.25) is 5.70 Å². The average Bonchev–Trinajstić information content (AvgIpc) is 2.70. The minimum Gasteiger partial charge on any atom is -0.867 e. The smallest absolute Gasteiger partial charge is 0.237 e. The van der Waals surface area contributed by atoms with E-state index in [1.54, 1.807) is 4.57 Å². The molecule has 0 aliphatic rings. The van der Waals surface area contributed by atoms with Crippen LogP contribution in [0.1, 0.15) is 12.5 Å². The molecule has 3 rings (SSSR count). The van der Waals surface area contributed by atoms with Crippen LogP contribution in [0.2, 0.25) is 0 Å². The van der Waals surface area contributed by atoms with E-state index in [9.17, 15) is 5.11 Å². The molecule has 0 atom stereocenters. The Hall–Kier alpha value is -2.98. The van der Waals surface area contributed by atoms with Crippen molar-refractivity contribution in [3.63, 3.8) is 0 Å². The van der Waals surface area contributed by atoms with E-state index in [1.807, 2.05) is 80.0 Å². The Morgan fingerprint density at radius 3 is 2.08 bits per heavy atom. The van der Waals surface area contributed by atoms with Gasteiger partial charge < -0.3 is 10.4 Å². The fourth-order valence-electron chi connectivity index (χ4n) is 2.71. The highest BCUT2D eigenvalue weighted by Crippen LogP contribution is 2.22. The fourth-order valence-corrected chi connectivity index (χ4v) is 3.05. The Labute approximate surface area is 159 Å². The predicted octanol–water partition coefficient (Wildman–Crippen LogP) is 3.26. The maximum absolute atomic E-state index is 13.1. The molecule has 0 saturated heterocycles. The summed E-state index contributed by atoms with van der Waals surface area (Å²) >= 11 is 5.45. The molecule has 0 aliphatic heterocycles. The van der Waals surface area contributed by atoms with Crippen LogP contribution >= 0.6 is 12.2 Å². The molecular formula is C22H20N2OS. The van der Waals surface area contributed by atoms with E-state index >= 15 is 0 Å². The molecule has 0 saturated carbocycles. The van der Waals surface area contributed by atoms with Crippen molar-refractivity contribution in [3.8, 4) is 11.1 Å². The topological polar surface area (TPSA) is 39.0 Å². The summed E-state index contributed by atoms with van der Waals surface area (Å²) in [6.45, 7) is 2.62. The summed E-state index contributed by atoms with van der Waals surface area (Å²) in [5, 5.41) is 16.2. The molecule has 2 aromatic carbocycles. The van der Waals surface area contributed by atoms with Crippen molar-refractivity contribution in [1.82, 2.24) is 5.32 Å². The molecule has 0 unspecified atom stereocenters. The van der Waals surface area contributed by atoms with Gasteiger partial charge in [-0.05, 0) is 29.4 Å². The van der Waals surface area contributed by atoms with Crippen molar-refractivity contribution in [2.45, 2.75) is 6.92 Å². The van der Waals surface area contributed by atoms with Gasteiger partial charge in [0.1, 0.15) is 0 Å². The normalized spacial score (nSPS) is 11.6. The van der Waals surface area contributed by atoms with Crippen molar-refractivity contribution in [1.29, 1.82) is 0 Å². The average molecular weight is 360 g/mol. The molecule has 1 heterocycles. The number of hydrogen-bond donors (Lipinski definition) is 1. The van der Waals surface area contributed by atoms with Gasteiger partial charge >= 0.3 is 0 Å². The molecule has 0 aliphatic carbocycles. The highest BCUT2D eigenvalue weighted by atomic mass is 32.1. The van der Waals surface area contributed by atoms with E-state index in [0.717, 1.165) is 11.1 Å². The monoisotopic (exact) mass is 360 g/mol. The number of thiocarbonyl (C=S) groups is 1. The standard InChI is InChI=1S/C22H20N2OS/c1-2-23-22(26)20(24-15-7-4-8-16-24)21(25)19-13-11-18(12-14-19)17-9-5-3-6-10-17/h3-16H,2H2,1H3,(H-,23,25,26). The number of benzene rings is 2. The number of likely N-dealkylation sites (N-methyl/N-ethyl adjacent to an activating group) is 1. The maximum Gasteiger partial charge on any atom is 0.237 e. The van der Waals surface area contributed by atoms with E-state index in [4.69, 9.17) is 12.2 Å². The number of pyridine rings is 1. The van der Waals surface area contributed by atoms with Gasteiger partial charge in [-0.3, -0.25) is 0 Å². The van der Waals surface area contributed by atoms with Crippen molar-refractivity contribution in [2.24, 2.45) is 0 Å². The van der Waals surface area contributed by atoms with Crippen LogP contribution < -0.4 is 15.0 Å². The summed E-state index contributed by atoms with van der Waals surface area (Å²) in [4.78, 5) is 0.445. The lowest BCUT2D eigenvalue weighted by atomic mass is 10.0. The van der Waals surface area contributed by atoms with E-state index in [0.29, 0.717) is 22.8 Å². The lowest BCUT2D eigenvalue weighted by Gasteiger charge is -2.16. The molecule has 3 aromatic rings. The number of rotatable bonds is 5. The lowest BCUT2D eigenvalue weighted by molar-refractivity contribution is -0.577. The Morgan fingerprint density at radius 1 is 0.885 bits per heavy atom. The molecule has 0 amide bonds. The van der Waals surface area contributed by atoms with E-state index in [-0.39, 0.29) is 5.76 Å². The van der Waals surface area contributed by atoms with Crippen molar-refractivity contribution in [2.75, 3.05) is 6.54 Å². The van der Waals surface area contributed by atoms with Crippen LogP contribution in [0, 0.1) is 0 Å². The van der Waals surface area contributed by atoms with Crippen LogP contribution in [-0.4, -0.2) is 11.5 Å². The largest absolute Gasteiger partial charge is 0.867 e. The predicted molar refractivity (Wildman–Crippen MR) is 108 cm³/mol. The number of nitrogens with one attached hydrogen (secondary N) is 1. The molecule has 0 bridgehead atoms. The van der Waals surface area contributed by atoms with Crippen molar-refractivity contribution >= 4 is 28.7 Å². The number of hydrogen-bond acceptors (Lipinski definition) is 2. The van der Waals surface area contributed by atoms with Crippen LogP contribution in [-0.2, 0) is 0 Å². The van der Waals surface area contributed by atoms with E-state index in [1.165, 1.54) is 0 Å². The SMILES string of the molecule is CCNC(=S)C(=C([O-])c1ccc(-c2ccccc2)cc1)[n+]1ccccc1. The Balaban J connectivity index is 2.02. The van der Waals surface area contributed by atoms with Gasteiger partial charge in [-0.25, -0.2) is 0 Å². The van der Waals surface area contributed by atoms with Gasteiger partial charge in [-0.1, -0.05) is 72.9 Å². The molecule has 1 aromatic heterocycles. The Bertz CT molecular complexity index is 904. The molecule has 4 heteroatoms. The Morgan fingerprint density at radius 2 is 1.46 bits per heavy atom. The summed E-state index contributed by atoms with van der Waals surface area (Å²) in [5.41, 5.74) is 3.26. The molecule has 0 radical (unpaired) electrons. The van der Waals surface area contributed by atoms with Crippen molar-refractivity contribution < 1.29 is 9.67 Å².